The van der Waals surface area contributed by atoms with Gasteiger partial charge in [-0.15, -0.1) is 6.58 Å². The van der Waals surface area contributed by atoms with Crippen molar-refractivity contribution in [2.24, 2.45) is 10.1 Å². The highest BCUT2D eigenvalue weighted by atomic mass is 32.2. The van der Waals surface area contributed by atoms with Crippen LogP contribution in [-0.2, 0) is 26.6 Å². The third-order valence-corrected chi connectivity index (χ3v) is 9.92. The van der Waals surface area contributed by atoms with E-state index in [0.717, 1.165) is 30.6 Å². The van der Waals surface area contributed by atoms with Gasteiger partial charge in [0.2, 0.25) is 20.0 Å². The van der Waals surface area contributed by atoms with Gasteiger partial charge in [0, 0.05) is 24.7 Å². The summed E-state index contributed by atoms with van der Waals surface area (Å²) in [7, 11) is -7.52. The van der Waals surface area contributed by atoms with E-state index in [0.29, 0.717) is 28.1 Å². The van der Waals surface area contributed by atoms with Gasteiger partial charge in [0.25, 0.3) is 5.91 Å². The molecular weight excluding hydrogens is 508 g/mol. The molecule has 2 heterocycles. The number of hydrogen-bond donors (Lipinski definition) is 1. The molecule has 186 valence electrons. The molecule has 1 saturated heterocycles. The largest absolute Gasteiger partial charge is 0.312 e. The van der Waals surface area contributed by atoms with Crippen molar-refractivity contribution in [3.63, 3.8) is 0 Å². The summed E-state index contributed by atoms with van der Waals surface area (Å²) in [5.74, 6) is -0.545. The minimum Gasteiger partial charge on any atom is -0.312 e. The Morgan fingerprint density at radius 3 is 2.46 bits per heavy atom. The summed E-state index contributed by atoms with van der Waals surface area (Å²) in [4.78, 5) is 17.6. The first-order valence-electron chi connectivity index (χ1n) is 11.0. The fraction of sp³-hybridized carbons (Fsp3) is 0.304. The molecule has 1 aliphatic heterocycles. The van der Waals surface area contributed by atoms with Crippen LogP contribution in [0.4, 0.5) is 0 Å². The summed E-state index contributed by atoms with van der Waals surface area (Å²) in [6, 6.07) is 10.2. The first kappa shape index (κ1) is 25.5. The fourth-order valence-corrected chi connectivity index (χ4v) is 7.50. The van der Waals surface area contributed by atoms with E-state index < -0.39 is 26.0 Å². The number of carbonyl (C=O) groups excluding carboxylic acids is 1. The van der Waals surface area contributed by atoms with E-state index >= 15 is 0 Å². The Bertz CT molecular complexity index is 1570. The lowest BCUT2D eigenvalue weighted by Crippen LogP contribution is -2.41. The van der Waals surface area contributed by atoms with Gasteiger partial charge in [-0.3, -0.25) is 4.79 Å². The van der Waals surface area contributed by atoms with Crippen LogP contribution in [0.3, 0.4) is 0 Å². The molecule has 1 aromatic heterocycles. The van der Waals surface area contributed by atoms with E-state index in [-0.39, 0.29) is 21.4 Å². The second-order valence-electron chi connectivity index (χ2n) is 8.36. The summed E-state index contributed by atoms with van der Waals surface area (Å²) < 4.78 is 53.4. The van der Waals surface area contributed by atoms with E-state index in [1.165, 1.54) is 40.7 Å². The van der Waals surface area contributed by atoms with Crippen molar-refractivity contribution < 1.29 is 21.6 Å². The Morgan fingerprint density at radius 2 is 1.83 bits per heavy atom. The highest BCUT2D eigenvalue weighted by molar-refractivity contribution is 7.89. The summed E-state index contributed by atoms with van der Waals surface area (Å²) in [6.45, 7) is 6.48. The number of nitrogens with two attached hydrogens (primary N) is 1. The van der Waals surface area contributed by atoms with Crippen LogP contribution in [0.15, 0.2) is 69.9 Å². The molecule has 1 atom stereocenters. The molecule has 1 aliphatic rings. The molecule has 35 heavy (non-hydrogen) atoms. The molecule has 0 spiro atoms. The zero-order valence-electron chi connectivity index (χ0n) is 19.1. The van der Waals surface area contributed by atoms with Gasteiger partial charge in [-0.1, -0.05) is 23.8 Å². The first-order chi connectivity index (χ1) is 16.5. The molecule has 0 radical (unpaired) electrons. The van der Waals surface area contributed by atoms with Gasteiger partial charge in [-0.05, 0) is 62.2 Å². The Morgan fingerprint density at radius 1 is 1.14 bits per heavy atom. The Labute approximate surface area is 208 Å². The molecule has 4 rings (SSSR count). The molecular formula is C23H26N4O5S3. The SMILES string of the molecule is C=CCn1c(=NC(=O)c2ccc(S(=O)(=O)N3CCCC[C@H]3C)cc2)sc2cc(S(N)(=O)=O)ccc21. The molecule has 1 fully saturated rings. The number of thiazole rings is 1. The molecule has 0 unspecified atom stereocenters. The van der Waals surface area contributed by atoms with Crippen molar-refractivity contribution in [1.29, 1.82) is 0 Å². The molecule has 0 saturated carbocycles. The molecule has 1 amide bonds. The number of aromatic nitrogens is 1. The van der Waals surface area contributed by atoms with Crippen molar-refractivity contribution in [2.45, 2.75) is 48.6 Å². The third-order valence-electron chi connectivity index (χ3n) is 5.94. The number of fused-ring (bicyclic) bond motifs is 1. The summed E-state index contributed by atoms with van der Waals surface area (Å²) in [6.07, 6.45) is 4.31. The number of sulfonamides is 2. The summed E-state index contributed by atoms with van der Waals surface area (Å²) in [5.41, 5.74) is 0.925. The standard InChI is InChI=1S/C23H26N4O5S3/c1-3-13-26-20-12-11-19(34(24,29)30)15-21(20)33-23(26)25-22(28)17-7-9-18(10-8-17)35(31,32)27-14-5-4-6-16(27)2/h3,7-12,15-16H,1,4-6,13-14H2,2H3,(H2,24,29,30)/t16-/m1/s1. The van der Waals surface area contributed by atoms with Gasteiger partial charge < -0.3 is 4.57 Å². The van der Waals surface area contributed by atoms with Crippen LogP contribution in [0.25, 0.3) is 10.2 Å². The van der Waals surface area contributed by atoms with E-state index in [1.807, 2.05) is 6.92 Å². The topological polar surface area (TPSA) is 132 Å². The average molecular weight is 535 g/mol. The molecule has 2 aromatic carbocycles. The smallest absolute Gasteiger partial charge is 0.279 e. The van der Waals surface area contributed by atoms with Crippen LogP contribution in [0, 0.1) is 0 Å². The first-order valence-corrected chi connectivity index (χ1v) is 14.8. The highest BCUT2D eigenvalue weighted by Crippen LogP contribution is 2.25. The number of allylic oxidation sites excluding steroid dienone is 1. The van der Waals surface area contributed by atoms with Crippen molar-refractivity contribution in [3.8, 4) is 0 Å². The quantitative estimate of drug-likeness (QED) is 0.486. The molecule has 12 heteroatoms. The van der Waals surface area contributed by atoms with E-state index in [9.17, 15) is 21.6 Å². The van der Waals surface area contributed by atoms with E-state index in [4.69, 9.17) is 5.14 Å². The molecule has 9 nitrogen and oxygen atoms in total. The van der Waals surface area contributed by atoms with Crippen molar-refractivity contribution >= 4 is 47.5 Å². The third kappa shape index (κ3) is 5.16. The lowest BCUT2D eigenvalue weighted by Gasteiger charge is -2.32. The van der Waals surface area contributed by atoms with Crippen molar-refractivity contribution in [1.82, 2.24) is 8.87 Å². The zero-order chi connectivity index (χ0) is 25.4. The maximum Gasteiger partial charge on any atom is 0.279 e. The molecule has 0 aliphatic carbocycles. The molecule has 3 aromatic rings. The number of carbonyl (C=O) groups is 1. The van der Waals surface area contributed by atoms with Gasteiger partial charge in [0.1, 0.15) is 0 Å². The Kier molecular flexibility index (Phi) is 7.11. The number of nitrogens with zero attached hydrogens (tertiary/aromatic N) is 3. The number of benzene rings is 2. The van der Waals surface area contributed by atoms with Crippen molar-refractivity contribution in [3.05, 3.63) is 65.5 Å². The van der Waals surface area contributed by atoms with Crippen LogP contribution >= 0.6 is 11.3 Å². The average Bonchev–Trinajstić information content (AvgIpc) is 3.15. The van der Waals surface area contributed by atoms with Gasteiger partial charge >= 0.3 is 0 Å². The minimum atomic E-state index is -3.88. The monoisotopic (exact) mass is 534 g/mol. The summed E-state index contributed by atoms with van der Waals surface area (Å²) in [5, 5.41) is 5.24. The predicted molar refractivity (Wildman–Crippen MR) is 135 cm³/mol. The van der Waals surface area contributed by atoms with Gasteiger partial charge in [-0.25, -0.2) is 22.0 Å². The molecule has 2 N–H and O–H groups in total. The van der Waals surface area contributed by atoms with Crippen LogP contribution in [-0.4, -0.2) is 44.2 Å². The Balaban J connectivity index is 1.68. The second-order valence-corrected chi connectivity index (χ2v) is 12.8. The predicted octanol–water partition coefficient (Wildman–Crippen LogP) is 2.84. The van der Waals surface area contributed by atoms with Gasteiger partial charge in [0.15, 0.2) is 4.80 Å². The number of rotatable bonds is 6. The number of primary sulfonamides is 1. The van der Waals surface area contributed by atoms with Crippen molar-refractivity contribution in [2.75, 3.05) is 6.54 Å². The van der Waals surface area contributed by atoms with Crippen LogP contribution in [0.1, 0.15) is 36.5 Å². The highest BCUT2D eigenvalue weighted by Gasteiger charge is 2.30. The number of piperidine rings is 1. The minimum absolute atomic E-state index is 0.0327. The van der Waals surface area contributed by atoms with E-state index in [1.54, 1.807) is 16.7 Å². The van der Waals surface area contributed by atoms with Gasteiger partial charge in [-0.2, -0.15) is 9.30 Å². The summed E-state index contributed by atoms with van der Waals surface area (Å²) >= 11 is 1.15. The zero-order valence-corrected chi connectivity index (χ0v) is 21.6. The normalized spacial score (nSPS) is 18.1. The Hall–Kier alpha value is -2.64. The number of amides is 1. The van der Waals surface area contributed by atoms with Crippen LogP contribution in [0.5, 0.6) is 0 Å². The van der Waals surface area contributed by atoms with Crippen LogP contribution < -0.4 is 9.94 Å². The maximum atomic E-state index is 13.0. The van der Waals surface area contributed by atoms with Gasteiger partial charge in [0.05, 0.1) is 20.0 Å². The lowest BCUT2D eigenvalue weighted by atomic mass is 10.1. The lowest BCUT2D eigenvalue weighted by molar-refractivity contribution is 0.0997. The second kappa shape index (κ2) is 9.78. The number of hydrogen-bond acceptors (Lipinski definition) is 6. The van der Waals surface area contributed by atoms with Crippen LogP contribution in [0.2, 0.25) is 0 Å². The van der Waals surface area contributed by atoms with E-state index in [2.05, 4.69) is 11.6 Å². The fourth-order valence-electron chi connectivity index (χ4n) is 4.11. The maximum absolute atomic E-state index is 13.0. The molecule has 0 bridgehead atoms.